The van der Waals surface area contributed by atoms with Crippen LogP contribution >= 0.6 is 37.9 Å². The predicted octanol–water partition coefficient (Wildman–Crippen LogP) is 6.40. The first kappa shape index (κ1) is 37.6. The summed E-state index contributed by atoms with van der Waals surface area (Å²) in [5.74, 6) is 0. The minimum atomic E-state index is -0.579. The van der Waals surface area contributed by atoms with Gasteiger partial charge in [0.2, 0.25) is 0 Å². The van der Waals surface area contributed by atoms with Gasteiger partial charge in [-0.2, -0.15) is 36.4 Å². The molecule has 0 aromatic heterocycles. The number of benzene rings is 2. The summed E-state index contributed by atoms with van der Waals surface area (Å²) in [6, 6.07) is 22.3. The van der Waals surface area contributed by atoms with Gasteiger partial charge in [0.05, 0.1) is 0 Å². The first-order chi connectivity index (χ1) is 14.8. The van der Waals surface area contributed by atoms with Crippen molar-refractivity contribution in [1.29, 1.82) is 0 Å². The molecule has 2 aromatic rings. The second-order valence-corrected chi connectivity index (χ2v) is 6.44. The fourth-order valence-electron chi connectivity index (χ4n) is 2.62. The van der Waals surface area contributed by atoms with Crippen molar-refractivity contribution in [2.24, 2.45) is 0 Å². The van der Waals surface area contributed by atoms with Gasteiger partial charge in [0.15, 0.2) is 6.29 Å². The summed E-state index contributed by atoms with van der Waals surface area (Å²) in [6.07, 6.45) is -2.03. The van der Waals surface area contributed by atoms with E-state index in [1.54, 1.807) is 0 Å². The predicted molar refractivity (Wildman–Crippen MR) is 143 cm³/mol. The third-order valence-corrected chi connectivity index (χ3v) is 5.05. The van der Waals surface area contributed by atoms with E-state index in [1.807, 2.05) is 88.4 Å². The van der Waals surface area contributed by atoms with Gasteiger partial charge in [0.1, 0.15) is 24.4 Å². The topological polar surface area (TPSA) is 46.2 Å². The summed E-state index contributed by atoms with van der Waals surface area (Å²) in [5.41, 5.74) is 0.987. The summed E-state index contributed by atoms with van der Waals surface area (Å²) in [4.78, 5) is 0. The fourth-order valence-corrected chi connectivity index (χ4v) is 3.73. The van der Waals surface area contributed by atoms with Gasteiger partial charge in [0, 0.05) is 70.6 Å². The molecule has 5 nitrogen and oxygen atoms in total. The standard InChI is InChI=1S/C11H18O5P4.C6H5.2C2H6.CH3.Y/c17-13-8-7(6-4-2-1-3-5-6)12-11(16-20)10(15-19)9(8)14-18;1-2-4-6-5-3-1;2*1-2;;/h1-5,7-11H,17-20H2;1-5H;2*1-2H3;1H3;/q;-1;;;-1;/t7?,8-,9+,10-,11?;;;;;/m0...../s1. The van der Waals surface area contributed by atoms with Crippen molar-refractivity contribution >= 4 is 37.9 Å². The van der Waals surface area contributed by atoms with Gasteiger partial charge in [-0.05, 0) is 5.56 Å². The van der Waals surface area contributed by atoms with Crippen LogP contribution in [0, 0.1) is 13.5 Å². The first-order valence-corrected chi connectivity index (χ1v) is 11.7. The van der Waals surface area contributed by atoms with E-state index in [-0.39, 0.29) is 58.4 Å². The zero-order valence-electron chi connectivity index (χ0n) is 19.6. The fraction of sp³-hybridized carbons (Fsp3) is 0.409. The number of ether oxygens (including phenoxy) is 1. The quantitative estimate of drug-likeness (QED) is 0.296. The van der Waals surface area contributed by atoms with Crippen LogP contribution in [-0.2, 0) is 55.5 Å². The van der Waals surface area contributed by atoms with Gasteiger partial charge in [-0.3, -0.25) is 0 Å². The molecule has 1 fully saturated rings. The van der Waals surface area contributed by atoms with E-state index in [4.69, 9.17) is 22.8 Å². The second-order valence-electron chi connectivity index (χ2n) is 5.35. The molecule has 0 spiro atoms. The third kappa shape index (κ3) is 12.7. The molecular formula is C22H38O5P4Y-2. The first-order valence-electron chi connectivity index (χ1n) is 9.80. The molecule has 1 heterocycles. The van der Waals surface area contributed by atoms with Crippen LogP contribution in [0.2, 0.25) is 0 Å². The Bertz CT molecular complexity index is 589. The molecule has 0 amide bonds. The molecule has 32 heavy (non-hydrogen) atoms. The smallest absolute Gasteiger partial charge is 0.190 e. The average molecular weight is 595 g/mol. The summed E-state index contributed by atoms with van der Waals surface area (Å²) >= 11 is 0. The van der Waals surface area contributed by atoms with Gasteiger partial charge in [-0.15, -0.1) is 0 Å². The van der Waals surface area contributed by atoms with E-state index in [0.29, 0.717) is 0 Å². The SMILES string of the molecule is CC.CC.POC1OC(c2ccccc2)[C@H](OP)[C@@H](OP)[C@@H]1OP.[CH3-].[Y].[c-]1ccccc1. The molecule has 2 aromatic carbocycles. The summed E-state index contributed by atoms with van der Waals surface area (Å²) in [5, 5.41) is 0. The Morgan fingerprint density at radius 3 is 1.50 bits per heavy atom. The molecule has 1 aliphatic heterocycles. The molecule has 0 bridgehead atoms. The van der Waals surface area contributed by atoms with E-state index in [0.717, 1.165) is 5.56 Å². The minimum absolute atomic E-state index is 0. The number of rotatable bonds is 5. The Balaban J connectivity index is -0.000000594. The largest absolute Gasteiger partial charge is 0.358 e. The van der Waals surface area contributed by atoms with E-state index in [9.17, 15) is 0 Å². The Hall–Kier alpha value is 1.06. The zero-order valence-corrected chi connectivity index (χ0v) is 27.0. The monoisotopic (exact) mass is 595 g/mol. The van der Waals surface area contributed by atoms with Crippen molar-refractivity contribution in [3.63, 3.8) is 0 Å². The number of hydrogen-bond donors (Lipinski definition) is 0. The van der Waals surface area contributed by atoms with Crippen LogP contribution < -0.4 is 0 Å². The van der Waals surface area contributed by atoms with E-state index >= 15 is 0 Å². The van der Waals surface area contributed by atoms with Crippen LogP contribution in [0.25, 0.3) is 0 Å². The molecule has 0 aliphatic carbocycles. The van der Waals surface area contributed by atoms with E-state index in [1.165, 1.54) is 0 Å². The van der Waals surface area contributed by atoms with Gasteiger partial charge >= 0.3 is 0 Å². The van der Waals surface area contributed by atoms with Crippen LogP contribution in [0.5, 0.6) is 0 Å². The van der Waals surface area contributed by atoms with Crippen LogP contribution in [0.15, 0.2) is 60.7 Å². The van der Waals surface area contributed by atoms with Crippen molar-refractivity contribution in [3.8, 4) is 0 Å². The molecule has 6 unspecified atom stereocenters. The molecule has 1 saturated heterocycles. The van der Waals surface area contributed by atoms with Crippen LogP contribution in [0.3, 0.4) is 0 Å². The van der Waals surface area contributed by atoms with Crippen molar-refractivity contribution in [2.45, 2.75) is 58.4 Å². The van der Waals surface area contributed by atoms with Crippen LogP contribution in [0.4, 0.5) is 0 Å². The molecule has 0 saturated carbocycles. The maximum atomic E-state index is 5.95. The average Bonchev–Trinajstić information content (AvgIpc) is 2.86. The Morgan fingerprint density at radius 2 is 1.16 bits per heavy atom. The molecular weight excluding hydrogens is 557 g/mol. The Labute approximate surface area is 230 Å². The van der Waals surface area contributed by atoms with Crippen molar-refractivity contribution < 1.29 is 55.5 Å². The maximum Gasteiger partial charge on any atom is 0.190 e. The van der Waals surface area contributed by atoms with Gasteiger partial charge in [-0.25, -0.2) is 0 Å². The molecule has 9 atom stereocenters. The van der Waals surface area contributed by atoms with Gasteiger partial charge in [0.25, 0.3) is 0 Å². The van der Waals surface area contributed by atoms with Crippen molar-refractivity contribution in [3.05, 3.63) is 79.7 Å². The molecule has 3 rings (SSSR count). The Kier molecular flexibility index (Phi) is 29.6. The Morgan fingerprint density at radius 1 is 0.688 bits per heavy atom. The molecule has 1 aliphatic rings. The van der Waals surface area contributed by atoms with Gasteiger partial charge in [-0.1, -0.05) is 58.0 Å². The van der Waals surface area contributed by atoms with E-state index in [2.05, 4.69) is 43.9 Å². The van der Waals surface area contributed by atoms with Gasteiger partial charge < -0.3 is 30.3 Å². The molecule has 10 heteroatoms. The maximum absolute atomic E-state index is 5.95. The van der Waals surface area contributed by atoms with Crippen molar-refractivity contribution in [1.82, 2.24) is 0 Å². The molecule has 1 radical (unpaired) electrons. The minimum Gasteiger partial charge on any atom is -0.358 e. The molecule has 181 valence electrons. The summed E-state index contributed by atoms with van der Waals surface area (Å²) in [6.45, 7) is 8.00. The molecule has 0 N–H and O–H groups in total. The normalized spacial score (nSPS) is 23.2. The second kappa shape index (κ2) is 25.2. The van der Waals surface area contributed by atoms with E-state index < -0.39 is 12.4 Å². The number of hydrogen-bond acceptors (Lipinski definition) is 5. The van der Waals surface area contributed by atoms with Crippen LogP contribution in [-0.4, -0.2) is 24.6 Å². The summed E-state index contributed by atoms with van der Waals surface area (Å²) in [7, 11) is 8.91. The zero-order chi connectivity index (χ0) is 22.8. The van der Waals surface area contributed by atoms with Crippen molar-refractivity contribution in [2.75, 3.05) is 0 Å². The third-order valence-electron chi connectivity index (χ3n) is 3.84. The van der Waals surface area contributed by atoms with Crippen LogP contribution in [0.1, 0.15) is 39.4 Å². The summed E-state index contributed by atoms with van der Waals surface area (Å²) < 4.78 is 27.5.